The van der Waals surface area contributed by atoms with Gasteiger partial charge in [0.25, 0.3) is 0 Å². The molecule has 0 radical (unpaired) electrons. The number of carbonyl (C=O) groups is 2. The summed E-state index contributed by atoms with van der Waals surface area (Å²) in [5.74, 6) is -3.63. The molecule has 0 aromatic heterocycles. The SMILES string of the molecule is CC[C@H]1OC(=O)[C@H](C)[C@@H](C2C[C@@](C)(OC)[C@@H](O)[C@H](C)O2)[C@H](C)[C@@H](O[C@@H]2O[C@H](C)C[C@H](N(C)C)[C@H]2O)[C@](C)(O)C[C@@H](C)CN(C(=O)CCCCCCC[PH](C)(c2ccccc2)c2ccccc2)[C@H](C)[C@@H](O)[C@]1(C)O. The van der Waals surface area contributed by atoms with Gasteiger partial charge in [0.1, 0.15) is 18.3 Å². The van der Waals surface area contributed by atoms with Gasteiger partial charge in [0.15, 0.2) is 6.29 Å². The first kappa shape index (κ1) is 61.3. The fourth-order valence-corrected chi connectivity index (χ4v) is 16.6. The molecule has 0 saturated carbocycles. The molecule has 2 aromatic rings. The zero-order chi connectivity index (χ0) is 54.2. The number of hydrogen-bond donors (Lipinski definition) is 5. The number of cyclic esters (lactones) is 1. The van der Waals surface area contributed by atoms with Gasteiger partial charge in [0.2, 0.25) is 0 Å². The van der Waals surface area contributed by atoms with Crippen LogP contribution in [-0.4, -0.2) is 172 Å². The van der Waals surface area contributed by atoms with Crippen LogP contribution in [0, 0.1) is 23.7 Å². The molecule has 15 heteroatoms. The molecule has 3 heterocycles. The Labute approximate surface area is 439 Å². The number of rotatable bonds is 16. The fraction of sp³-hybridized carbons (Fsp3) is 0.759. The van der Waals surface area contributed by atoms with Gasteiger partial charge < -0.3 is 49.0 Å². The molecule has 5 rings (SSSR count). The summed E-state index contributed by atoms with van der Waals surface area (Å²) in [5, 5.41) is 63.6. The van der Waals surface area contributed by atoms with Crippen LogP contribution in [-0.2, 0) is 33.3 Å². The number of unbranched alkanes of at least 4 members (excludes halogenated alkanes) is 4. The van der Waals surface area contributed by atoms with Gasteiger partial charge in [-0.1, -0.05) is 20.8 Å². The first-order chi connectivity index (χ1) is 34.2. The minimum Gasteiger partial charge on any atom is -0.383 e. The van der Waals surface area contributed by atoms with E-state index in [1.54, 1.807) is 39.5 Å². The summed E-state index contributed by atoms with van der Waals surface area (Å²) in [7, 11) is 3.36. The molecule has 73 heavy (non-hydrogen) atoms. The molecule has 18 atom stereocenters. The van der Waals surface area contributed by atoms with Crippen molar-refractivity contribution in [1.29, 1.82) is 0 Å². The predicted octanol–water partition coefficient (Wildman–Crippen LogP) is 6.44. The van der Waals surface area contributed by atoms with Gasteiger partial charge in [0, 0.05) is 25.5 Å². The van der Waals surface area contributed by atoms with E-state index in [-0.39, 0.29) is 56.2 Å². The second kappa shape index (κ2) is 26.2. The van der Waals surface area contributed by atoms with Gasteiger partial charge in [-0.2, -0.15) is 0 Å². The van der Waals surface area contributed by atoms with Crippen LogP contribution in [0.1, 0.15) is 133 Å². The summed E-state index contributed by atoms with van der Waals surface area (Å²) in [5.41, 5.74) is -4.71. The molecule has 416 valence electrons. The molecule has 0 aliphatic carbocycles. The number of benzene rings is 2. The standard InChI is InChI=1S/C58H97N2O12P/c1-15-47-58(10,67)51(63)41(6)60(48(61)31-25-17-16-18-26-32-73(14,43-27-21-19-22-28-43)44-29-23-20-24-30-44)36-37(2)34-56(8,66)53(72-55-50(62)45(59(11)12)33-38(3)69-55)39(4)49(40(5)54(65)71-47)46-35-57(9,68-13)52(64)42(7)70-46/h19-24,27-30,37-42,45-47,49-53,55,62-64,66-67,73H,15-18,25-26,31-36H2,1-14H3/t37-,38-,39+,40-,41-,42+,45+,46?,47-,49+,50-,51-,52+,53-,55+,56-,57-,58-/m1/s1. The Morgan fingerprint density at radius 3 is 1.97 bits per heavy atom. The molecule has 14 nitrogen and oxygen atoms in total. The van der Waals surface area contributed by atoms with E-state index in [1.807, 2.05) is 46.7 Å². The van der Waals surface area contributed by atoms with E-state index in [9.17, 15) is 35.1 Å². The number of ether oxygens (including phenoxy) is 5. The zero-order valence-electron chi connectivity index (χ0n) is 46.9. The maximum atomic E-state index is 14.8. The van der Waals surface area contributed by atoms with Crippen molar-refractivity contribution in [3.05, 3.63) is 60.7 Å². The summed E-state index contributed by atoms with van der Waals surface area (Å²) < 4.78 is 32.1. The number of esters is 1. The molecule has 3 fully saturated rings. The minimum absolute atomic E-state index is 0.105. The van der Waals surface area contributed by atoms with Crippen molar-refractivity contribution < 1.29 is 58.8 Å². The summed E-state index contributed by atoms with van der Waals surface area (Å²) in [6.07, 6.45) is -1.79. The summed E-state index contributed by atoms with van der Waals surface area (Å²) in [4.78, 5) is 32.9. The quantitative estimate of drug-likeness (QED) is 0.0703. The maximum absolute atomic E-state index is 14.8. The minimum atomic E-state index is -1.98. The van der Waals surface area contributed by atoms with E-state index in [1.165, 1.54) is 24.6 Å². The summed E-state index contributed by atoms with van der Waals surface area (Å²) >= 11 is 0. The van der Waals surface area contributed by atoms with Crippen molar-refractivity contribution in [3.8, 4) is 0 Å². The molecular formula is C58H97N2O12P. The Hall–Kier alpha value is -2.59. The van der Waals surface area contributed by atoms with Gasteiger partial charge in [-0.15, -0.1) is 0 Å². The van der Waals surface area contributed by atoms with Crippen molar-refractivity contribution in [3.63, 3.8) is 0 Å². The molecule has 1 unspecified atom stereocenters. The molecule has 3 aliphatic heterocycles. The summed E-state index contributed by atoms with van der Waals surface area (Å²) in [6.45, 7) is 20.3. The Balaban J connectivity index is 1.44. The van der Waals surface area contributed by atoms with Crippen molar-refractivity contribution in [2.45, 2.75) is 217 Å². The third-order valence-electron chi connectivity index (χ3n) is 17.5. The number of nitrogens with zero attached hydrogens (tertiary/aromatic N) is 2. The van der Waals surface area contributed by atoms with E-state index in [2.05, 4.69) is 67.3 Å². The number of aliphatic hydroxyl groups excluding tert-OH is 3. The molecule has 1 amide bonds. The topological polar surface area (TPSA) is 188 Å². The van der Waals surface area contributed by atoms with Crippen LogP contribution in [0.15, 0.2) is 60.7 Å². The average Bonchev–Trinajstić information content (AvgIpc) is 3.35. The van der Waals surface area contributed by atoms with Gasteiger partial charge in [-0.05, 0) is 67.5 Å². The molecule has 5 N–H and O–H groups in total. The first-order valence-corrected chi connectivity index (χ1v) is 30.2. The van der Waals surface area contributed by atoms with Crippen LogP contribution in [0.3, 0.4) is 0 Å². The fourth-order valence-electron chi connectivity index (χ4n) is 12.9. The van der Waals surface area contributed by atoms with Gasteiger partial charge in [0.05, 0.1) is 41.5 Å². The van der Waals surface area contributed by atoms with Crippen molar-refractivity contribution >= 4 is 29.7 Å². The van der Waals surface area contributed by atoms with Crippen LogP contribution in [0.2, 0.25) is 0 Å². The monoisotopic (exact) mass is 1040 g/mol. The molecule has 0 bridgehead atoms. The Kier molecular flexibility index (Phi) is 22.0. The second-order valence-corrected chi connectivity index (χ2v) is 28.0. The van der Waals surface area contributed by atoms with Crippen LogP contribution < -0.4 is 10.6 Å². The smallest absolute Gasteiger partial charge is 0.383 e. The van der Waals surface area contributed by atoms with Gasteiger partial charge in [-0.3, -0.25) is 4.79 Å². The second-order valence-electron chi connectivity index (χ2n) is 23.7. The Morgan fingerprint density at radius 1 is 0.836 bits per heavy atom. The van der Waals surface area contributed by atoms with E-state index >= 15 is 0 Å². The van der Waals surface area contributed by atoms with E-state index in [0.29, 0.717) is 12.8 Å². The number of methoxy groups -OCH3 is 1. The normalized spacial score (nSPS) is 38.8. The van der Waals surface area contributed by atoms with Crippen molar-refractivity contribution in [1.82, 2.24) is 9.80 Å². The van der Waals surface area contributed by atoms with Crippen molar-refractivity contribution in [2.75, 3.05) is 40.6 Å². The van der Waals surface area contributed by atoms with Gasteiger partial charge >= 0.3 is 207 Å². The molecule has 2 aromatic carbocycles. The molecule has 3 saturated heterocycles. The van der Waals surface area contributed by atoms with Crippen LogP contribution in [0.4, 0.5) is 0 Å². The number of aliphatic hydroxyl groups is 5. The first-order valence-electron chi connectivity index (χ1n) is 27.5. The van der Waals surface area contributed by atoms with E-state index in [0.717, 1.165) is 31.8 Å². The number of carbonyl (C=O) groups excluding carboxylic acids is 2. The van der Waals surface area contributed by atoms with Crippen molar-refractivity contribution in [2.24, 2.45) is 23.7 Å². The number of hydrogen-bond acceptors (Lipinski definition) is 13. The third-order valence-corrected chi connectivity index (χ3v) is 22.0. The van der Waals surface area contributed by atoms with E-state index in [4.69, 9.17) is 23.7 Å². The van der Waals surface area contributed by atoms with Crippen LogP contribution >= 0.6 is 7.26 Å². The predicted molar refractivity (Wildman–Crippen MR) is 291 cm³/mol. The van der Waals surface area contributed by atoms with Crippen LogP contribution in [0.5, 0.6) is 0 Å². The number of likely N-dealkylation sites (N-methyl/N-ethyl adjacent to an activating group) is 1. The van der Waals surface area contributed by atoms with Gasteiger partial charge in [-0.25, -0.2) is 0 Å². The third kappa shape index (κ3) is 14.5. The zero-order valence-corrected chi connectivity index (χ0v) is 47.9. The molecule has 3 aliphatic rings. The molecule has 0 spiro atoms. The number of amides is 1. The van der Waals surface area contributed by atoms with Crippen LogP contribution in [0.25, 0.3) is 0 Å². The summed E-state index contributed by atoms with van der Waals surface area (Å²) in [6, 6.07) is 20.5. The average molecular weight is 1050 g/mol. The molecular weight excluding hydrogens is 948 g/mol. The Morgan fingerprint density at radius 2 is 1.41 bits per heavy atom. The van der Waals surface area contributed by atoms with E-state index < -0.39 is 103 Å². The Bertz CT molecular complexity index is 1970.